The first-order valence-electron chi connectivity index (χ1n) is 10.2. The van der Waals surface area contributed by atoms with Crippen LogP contribution in [0.15, 0.2) is 42.5 Å². The highest BCUT2D eigenvalue weighted by Gasteiger charge is 2.19. The van der Waals surface area contributed by atoms with Crippen LogP contribution in [0.4, 0.5) is 0 Å². The number of fused-ring (bicyclic) bond motifs is 3. The van der Waals surface area contributed by atoms with Crippen molar-refractivity contribution in [1.29, 1.82) is 0 Å². The number of benzene rings is 2. The molecule has 1 amide bonds. The molecule has 3 rings (SSSR count). The monoisotopic (exact) mass is 349 g/mol. The maximum absolute atomic E-state index is 12.2. The van der Waals surface area contributed by atoms with Crippen LogP contribution in [0, 0.1) is 0 Å². The van der Waals surface area contributed by atoms with Gasteiger partial charge in [-0.1, -0.05) is 81.5 Å². The predicted molar refractivity (Wildman–Crippen MR) is 109 cm³/mol. The van der Waals surface area contributed by atoms with Crippen LogP contribution in [0.25, 0.3) is 11.1 Å². The number of hydrogen-bond donors (Lipinski definition) is 1. The van der Waals surface area contributed by atoms with E-state index in [1.807, 2.05) is 0 Å². The van der Waals surface area contributed by atoms with E-state index in [1.165, 1.54) is 59.9 Å². The molecule has 0 bridgehead atoms. The number of unbranched alkanes of at least 4 members (excludes halogenated alkanes) is 5. The van der Waals surface area contributed by atoms with Crippen molar-refractivity contribution in [3.63, 3.8) is 0 Å². The SMILES string of the molecule is CCCCCCCCC(=O)N[C@H](C)c1ccc2c(c1)Cc1ccccc1-2. The Balaban J connectivity index is 1.51. The van der Waals surface area contributed by atoms with Crippen LogP contribution < -0.4 is 5.32 Å². The van der Waals surface area contributed by atoms with Gasteiger partial charge in [0.15, 0.2) is 0 Å². The average Bonchev–Trinajstić information content (AvgIpc) is 3.02. The lowest BCUT2D eigenvalue weighted by Crippen LogP contribution is -2.26. The molecule has 1 aliphatic carbocycles. The highest BCUT2D eigenvalue weighted by atomic mass is 16.1. The van der Waals surface area contributed by atoms with E-state index >= 15 is 0 Å². The van der Waals surface area contributed by atoms with Crippen molar-refractivity contribution >= 4 is 5.91 Å². The summed E-state index contributed by atoms with van der Waals surface area (Å²) in [4.78, 5) is 12.2. The van der Waals surface area contributed by atoms with Gasteiger partial charge >= 0.3 is 0 Å². The minimum Gasteiger partial charge on any atom is -0.350 e. The lowest BCUT2D eigenvalue weighted by molar-refractivity contribution is -0.121. The van der Waals surface area contributed by atoms with Crippen molar-refractivity contribution in [1.82, 2.24) is 5.32 Å². The van der Waals surface area contributed by atoms with Crippen molar-refractivity contribution in [3.05, 3.63) is 59.2 Å². The number of amides is 1. The Labute approximate surface area is 158 Å². The third-order valence-corrected chi connectivity index (χ3v) is 5.45. The van der Waals surface area contributed by atoms with E-state index in [0.717, 1.165) is 12.8 Å². The summed E-state index contributed by atoms with van der Waals surface area (Å²) < 4.78 is 0. The van der Waals surface area contributed by atoms with Crippen molar-refractivity contribution in [2.45, 2.75) is 71.3 Å². The van der Waals surface area contributed by atoms with E-state index in [2.05, 4.69) is 61.6 Å². The Morgan fingerprint density at radius 1 is 0.962 bits per heavy atom. The molecule has 0 spiro atoms. The van der Waals surface area contributed by atoms with Gasteiger partial charge in [-0.2, -0.15) is 0 Å². The van der Waals surface area contributed by atoms with Crippen LogP contribution in [0.2, 0.25) is 0 Å². The number of rotatable bonds is 9. The molecular formula is C24H31NO. The van der Waals surface area contributed by atoms with Crippen molar-refractivity contribution < 1.29 is 4.79 Å². The molecule has 0 saturated heterocycles. The van der Waals surface area contributed by atoms with Gasteiger partial charge in [0, 0.05) is 6.42 Å². The maximum Gasteiger partial charge on any atom is 0.220 e. The Morgan fingerprint density at radius 3 is 2.54 bits per heavy atom. The first kappa shape index (κ1) is 18.7. The molecule has 0 unspecified atom stereocenters. The van der Waals surface area contributed by atoms with Crippen LogP contribution in [0.5, 0.6) is 0 Å². The summed E-state index contributed by atoms with van der Waals surface area (Å²) in [6.07, 6.45) is 8.94. The fourth-order valence-corrected chi connectivity index (χ4v) is 3.90. The molecule has 0 saturated carbocycles. The van der Waals surface area contributed by atoms with Gasteiger partial charge in [-0.05, 0) is 47.6 Å². The molecule has 1 aliphatic rings. The van der Waals surface area contributed by atoms with Crippen LogP contribution in [-0.2, 0) is 11.2 Å². The van der Waals surface area contributed by atoms with Gasteiger partial charge in [-0.3, -0.25) is 4.79 Å². The van der Waals surface area contributed by atoms with Gasteiger partial charge in [0.2, 0.25) is 5.91 Å². The van der Waals surface area contributed by atoms with Gasteiger partial charge in [0.1, 0.15) is 0 Å². The molecule has 0 heterocycles. The first-order chi connectivity index (χ1) is 12.7. The lowest BCUT2D eigenvalue weighted by Gasteiger charge is -2.16. The first-order valence-corrected chi connectivity index (χ1v) is 10.2. The molecule has 1 N–H and O–H groups in total. The Kier molecular flexibility index (Phi) is 6.49. The topological polar surface area (TPSA) is 29.1 Å². The highest BCUT2D eigenvalue weighted by molar-refractivity contribution is 5.78. The Bertz CT molecular complexity index is 750. The number of carbonyl (C=O) groups excluding carboxylic acids is 1. The summed E-state index contributed by atoms with van der Waals surface area (Å²) in [7, 11) is 0. The Hall–Kier alpha value is -2.09. The molecule has 0 aliphatic heterocycles. The second kappa shape index (κ2) is 9.02. The van der Waals surface area contributed by atoms with Gasteiger partial charge in [0.25, 0.3) is 0 Å². The van der Waals surface area contributed by atoms with E-state index in [1.54, 1.807) is 0 Å². The number of carbonyl (C=O) groups is 1. The maximum atomic E-state index is 12.2. The summed E-state index contributed by atoms with van der Waals surface area (Å²) in [6.45, 7) is 4.31. The van der Waals surface area contributed by atoms with E-state index in [4.69, 9.17) is 0 Å². The molecule has 2 aromatic rings. The zero-order chi connectivity index (χ0) is 18.4. The average molecular weight is 350 g/mol. The smallest absolute Gasteiger partial charge is 0.220 e. The predicted octanol–water partition coefficient (Wildman–Crippen LogP) is 6.19. The molecule has 2 nitrogen and oxygen atoms in total. The summed E-state index contributed by atoms with van der Waals surface area (Å²) >= 11 is 0. The standard InChI is InChI=1S/C24H31NO/c1-3-4-5-6-7-8-13-24(26)25-18(2)19-14-15-23-21(16-19)17-20-11-9-10-12-22(20)23/h9-12,14-16,18H,3-8,13,17H2,1-2H3,(H,25,26)/t18-/m1/s1. The second-order valence-electron chi connectivity index (χ2n) is 7.56. The molecular weight excluding hydrogens is 318 g/mol. The molecule has 0 aromatic heterocycles. The second-order valence-corrected chi connectivity index (χ2v) is 7.56. The molecule has 26 heavy (non-hydrogen) atoms. The van der Waals surface area contributed by atoms with E-state index in [0.29, 0.717) is 6.42 Å². The lowest BCUT2D eigenvalue weighted by atomic mass is 10.00. The van der Waals surface area contributed by atoms with Crippen molar-refractivity contribution in [2.75, 3.05) is 0 Å². The summed E-state index contributed by atoms with van der Waals surface area (Å²) in [6, 6.07) is 15.3. The highest BCUT2D eigenvalue weighted by Crippen LogP contribution is 2.37. The minimum atomic E-state index is 0.0663. The van der Waals surface area contributed by atoms with Gasteiger partial charge in [-0.15, -0.1) is 0 Å². The van der Waals surface area contributed by atoms with E-state index < -0.39 is 0 Å². The molecule has 1 atom stereocenters. The summed E-state index contributed by atoms with van der Waals surface area (Å²) in [5, 5.41) is 3.17. The summed E-state index contributed by atoms with van der Waals surface area (Å²) in [5.41, 5.74) is 6.68. The Morgan fingerprint density at radius 2 is 1.69 bits per heavy atom. The molecule has 0 fully saturated rings. The van der Waals surface area contributed by atoms with E-state index in [9.17, 15) is 4.79 Å². The minimum absolute atomic E-state index is 0.0663. The van der Waals surface area contributed by atoms with Crippen LogP contribution >= 0.6 is 0 Å². The fourth-order valence-electron chi connectivity index (χ4n) is 3.90. The molecule has 0 radical (unpaired) electrons. The molecule has 2 aromatic carbocycles. The number of hydrogen-bond acceptors (Lipinski definition) is 1. The third kappa shape index (κ3) is 4.55. The van der Waals surface area contributed by atoms with Crippen LogP contribution in [0.1, 0.15) is 81.5 Å². The molecule has 2 heteroatoms. The zero-order valence-corrected chi connectivity index (χ0v) is 16.2. The number of nitrogens with one attached hydrogen (secondary N) is 1. The van der Waals surface area contributed by atoms with E-state index in [-0.39, 0.29) is 11.9 Å². The van der Waals surface area contributed by atoms with Crippen LogP contribution in [0.3, 0.4) is 0 Å². The normalized spacial score (nSPS) is 13.2. The zero-order valence-electron chi connectivity index (χ0n) is 16.2. The fraction of sp³-hybridized carbons (Fsp3) is 0.458. The third-order valence-electron chi connectivity index (χ3n) is 5.45. The summed E-state index contributed by atoms with van der Waals surface area (Å²) in [5.74, 6) is 0.178. The van der Waals surface area contributed by atoms with Crippen molar-refractivity contribution in [3.8, 4) is 11.1 Å². The van der Waals surface area contributed by atoms with Gasteiger partial charge < -0.3 is 5.32 Å². The van der Waals surface area contributed by atoms with Crippen molar-refractivity contribution in [2.24, 2.45) is 0 Å². The largest absolute Gasteiger partial charge is 0.350 e. The van der Waals surface area contributed by atoms with Crippen LogP contribution in [-0.4, -0.2) is 5.91 Å². The van der Waals surface area contributed by atoms with Gasteiger partial charge in [-0.25, -0.2) is 0 Å². The van der Waals surface area contributed by atoms with Gasteiger partial charge in [0.05, 0.1) is 6.04 Å². The molecule has 138 valence electrons. The quantitative estimate of drug-likeness (QED) is 0.459.